The van der Waals surface area contributed by atoms with E-state index in [4.69, 9.17) is 5.11 Å². The molecule has 0 aromatic heterocycles. The third-order valence-electron chi connectivity index (χ3n) is 3.57. The van der Waals surface area contributed by atoms with Crippen LogP contribution in [0.1, 0.15) is 18.9 Å². The summed E-state index contributed by atoms with van der Waals surface area (Å²) in [5.41, 5.74) is 1.09. The number of hydrogen-bond acceptors (Lipinski definition) is 3. The first-order chi connectivity index (χ1) is 8.17. The van der Waals surface area contributed by atoms with E-state index in [1.54, 1.807) is 12.1 Å². The van der Waals surface area contributed by atoms with Crippen LogP contribution in [0.5, 0.6) is 0 Å². The van der Waals surface area contributed by atoms with Gasteiger partial charge in [-0.15, -0.1) is 0 Å². The van der Waals surface area contributed by atoms with E-state index in [0.717, 1.165) is 13.0 Å². The Hall–Kier alpha value is -1.13. The minimum absolute atomic E-state index is 0.00974. The lowest BCUT2D eigenvalue weighted by Gasteiger charge is -2.27. The van der Waals surface area contributed by atoms with Gasteiger partial charge in [0, 0.05) is 6.54 Å². The maximum atomic E-state index is 13.9. The molecule has 0 amide bonds. The Bertz CT molecular complexity index is 397. The van der Waals surface area contributed by atoms with Crippen LogP contribution in [-0.2, 0) is 6.61 Å². The molecule has 4 heteroatoms. The van der Waals surface area contributed by atoms with Crippen LogP contribution in [0.2, 0.25) is 0 Å². The van der Waals surface area contributed by atoms with Gasteiger partial charge in [0.1, 0.15) is 5.82 Å². The fraction of sp³-hybridized carbons (Fsp3) is 0.538. The van der Waals surface area contributed by atoms with Gasteiger partial charge in [-0.25, -0.2) is 4.39 Å². The van der Waals surface area contributed by atoms with E-state index < -0.39 is 0 Å². The second-order valence-corrected chi connectivity index (χ2v) is 4.65. The van der Waals surface area contributed by atoms with Crippen LogP contribution in [0.25, 0.3) is 0 Å². The molecule has 2 unspecified atom stereocenters. The van der Waals surface area contributed by atoms with Crippen LogP contribution in [0.3, 0.4) is 0 Å². The number of hydrogen-bond donors (Lipinski definition) is 2. The third kappa shape index (κ3) is 2.28. The van der Waals surface area contributed by atoms with Crippen LogP contribution in [0, 0.1) is 11.7 Å². The topological polar surface area (TPSA) is 43.7 Å². The summed E-state index contributed by atoms with van der Waals surface area (Å²) in [7, 11) is 0. The van der Waals surface area contributed by atoms with Crippen molar-refractivity contribution >= 4 is 5.69 Å². The average Bonchev–Trinajstić information content (AvgIpc) is 2.70. The zero-order valence-electron chi connectivity index (χ0n) is 9.93. The van der Waals surface area contributed by atoms with E-state index >= 15 is 0 Å². The van der Waals surface area contributed by atoms with Gasteiger partial charge in [0.05, 0.1) is 24.9 Å². The van der Waals surface area contributed by atoms with E-state index in [9.17, 15) is 9.50 Å². The minimum Gasteiger partial charge on any atom is -0.394 e. The van der Waals surface area contributed by atoms with E-state index in [2.05, 4.69) is 6.92 Å². The number of aliphatic hydroxyl groups excluding tert-OH is 2. The Kier molecular flexibility index (Phi) is 3.64. The monoisotopic (exact) mass is 239 g/mol. The van der Waals surface area contributed by atoms with Crippen LogP contribution in [-0.4, -0.2) is 29.4 Å². The summed E-state index contributed by atoms with van der Waals surface area (Å²) in [5.74, 6) is 0.0426. The first-order valence-electron chi connectivity index (χ1n) is 5.94. The highest BCUT2D eigenvalue weighted by Gasteiger charge is 2.31. The van der Waals surface area contributed by atoms with Gasteiger partial charge in [-0.2, -0.15) is 0 Å². The van der Waals surface area contributed by atoms with E-state index in [-0.39, 0.29) is 25.1 Å². The van der Waals surface area contributed by atoms with Crippen molar-refractivity contribution in [3.8, 4) is 0 Å². The standard InChI is InChI=1S/C13H18FNO2/c1-9-4-5-15(13(9)8-17)12-3-2-10(7-16)6-11(12)14/h2-3,6,9,13,16-17H,4-5,7-8H2,1H3. The van der Waals surface area contributed by atoms with Crippen LogP contribution in [0.4, 0.5) is 10.1 Å². The van der Waals surface area contributed by atoms with Gasteiger partial charge in [0.2, 0.25) is 0 Å². The number of aliphatic hydroxyl groups is 2. The molecule has 17 heavy (non-hydrogen) atoms. The summed E-state index contributed by atoms with van der Waals surface area (Å²) in [6.07, 6.45) is 0.965. The van der Waals surface area contributed by atoms with Crippen molar-refractivity contribution < 1.29 is 14.6 Å². The summed E-state index contributed by atoms with van der Waals surface area (Å²) in [6, 6.07) is 4.74. The number of nitrogens with zero attached hydrogens (tertiary/aromatic N) is 1. The normalized spacial score (nSPS) is 24.4. The van der Waals surface area contributed by atoms with Gasteiger partial charge in [0.25, 0.3) is 0 Å². The molecule has 2 N–H and O–H groups in total. The molecule has 1 heterocycles. The van der Waals surface area contributed by atoms with Crippen molar-refractivity contribution in [1.82, 2.24) is 0 Å². The van der Waals surface area contributed by atoms with Gasteiger partial charge in [-0.05, 0) is 30.0 Å². The minimum atomic E-state index is -0.330. The fourth-order valence-electron chi connectivity index (χ4n) is 2.47. The lowest BCUT2D eigenvalue weighted by molar-refractivity contribution is 0.244. The van der Waals surface area contributed by atoms with E-state index in [1.807, 2.05) is 4.90 Å². The van der Waals surface area contributed by atoms with Crippen LogP contribution in [0.15, 0.2) is 18.2 Å². The number of halogens is 1. The highest BCUT2D eigenvalue weighted by Crippen LogP contribution is 2.31. The zero-order valence-corrected chi connectivity index (χ0v) is 9.93. The molecular formula is C13H18FNO2. The smallest absolute Gasteiger partial charge is 0.146 e. The third-order valence-corrected chi connectivity index (χ3v) is 3.57. The highest BCUT2D eigenvalue weighted by atomic mass is 19.1. The molecule has 3 nitrogen and oxygen atoms in total. The largest absolute Gasteiger partial charge is 0.394 e. The van der Waals surface area contributed by atoms with Crippen molar-refractivity contribution in [1.29, 1.82) is 0 Å². The zero-order chi connectivity index (χ0) is 12.4. The average molecular weight is 239 g/mol. The number of rotatable bonds is 3. The molecule has 0 aliphatic carbocycles. The first-order valence-corrected chi connectivity index (χ1v) is 5.94. The Labute approximate surface area is 100 Å². The Morgan fingerprint density at radius 2 is 2.18 bits per heavy atom. The molecule has 1 aromatic rings. The lowest BCUT2D eigenvalue weighted by atomic mass is 10.0. The van der Waals surface area contributed by atoms with Gasteiger partial charge in [-0.1, -0.05) is 13.0 Å². The predicted octanol–water partition coefficient (Wildman–Crippen LogP) is 1.53. The van der Waals surface area contributed by atoms with Gasteiger partial charge in [-0.3, -0.25) is 0 Å². The molecule has 0 spiro atoms. The number of benzene rings is 1. The first kappa shape index (κ1) is 12.3. The van der Waals surface area contributed by atoms with Crippen molar-refractivity contribution in [3.05, 3.63) is 29.6 Å². The SMILES string of the molecule is CC1CCN(c2ccc(CO)cc2F)C1CO. The van der Waals surface area contributed by atoms with E-state index in [1.165, 1.54) is 6.07 Å². The fourth-order valence-corrected chi connectivity index (χ4v) is 2.47. The molecule has 0 radical (unpaired) electrons. The Morgan fingerprint density at radius 3 is 2.76 bits per heavy atom. The molecule has 2 rings (SSSR count). The van der Waals surface area contributed by atoms with Gasteiger partial charge >= 0.3 is 0 Å². The highest BCUT2D eigenvalue weighted by molar-refractivity contribution is 5.51. The predicted molar refractivity (Wildman–Crippen MR) is 64.3 cm³/mol. The van der Waals surface area contributed by atoms with E-state index in [0.29, 0.717) is 17.2 Å². The second-order valence-electron chi connectivity index (χ2n) is 4.65. The lowest BCUT2D eigenvalue weighted by Crippen LogP contribution is -2.35. The van der Waals surface area contributed by atoms with Crippen LogP contribution < -0.4 is 4.90 Å². The summed E-state index contributed by atoms with van der Waals surface area (Å²) >= 11 is 0. The molecule has 1 saturated heterocycles. The Balaban J connectivity index is 2.28. The summed E-state index contributed by atoms with van der Waals surface area (Å²) in [6.45, 7) is 2.72. The molecule has 1 aliphatic heterocycles. The summed E-state index contributed by atoms with van der Waals surface area (Å²) < 4.78 is 13.9. The molecule has 94 valence electrons. The molecule has 0 saturated carbocycles. The molecule has 1 aromatic carbocycles. The second kappa shape index (κ2) is 5.02. The molecule has 1 aliphatic rings. The maximum Gasteiger partial charge on any atom is 0.146 e. The summed E-state index contributed by atoms with van der Waals surface area (Å²) in [4.78, 5) is 1.92. The van der Waals surface area contributed by atoms with Gasteiger partial charge < -0.3 is 15.1 Å². The summed E-state index contributed by atoms with van der Waals surface area (Å²) in [5, 5.41) is 18.3. The van der Waals surface area contributed by atoms with Crippen molar-refractivity contribution in [2.45, 2.75) is 26.0 Å². The maximum absolute atomic E-state index is 13.9. The quantitative estimate of drug-likeness (QED) is 0.840. The number of anilines is 1. The van der Waals surface area contributed by atoms with Crippen LogP contribution >= 0.6 is 0 Å². The van der Waals surface area contributed by atoms with Gasteiger partial charge in [0.15, 0.2) is 0 Å². The van der Waals surface area contributed by atoms with Crippen molar-refractivity contribution in [2.24, 2.45) is 5.92 Å². The molecule has 2 atom stereocenters. The Morgan fingerprint density at radius 1 is 1.41 bits per heavy atom. The van der Waals surface area contributed by atoms with Crippen molar-refractivity contribution in [2.75, 3.05) is 18.1 Å². The molecule has 0 bridgehead atoms. The molecule has 1 fully saturated rings. The van der Waals surface area contributed by atoms with Crippen molar-refractivity contribution in [3.63, 3.8) is 0 Å². The molecular weight excluding hydrogens is 221 g/mol.